The quantitative estimate of drug-likeness (QED) is 0.758. The minimum absolute atomic E-state index is 0.142. The summed E-state index contributed by atoms with van der Waals surface area (Å²) in [5, 5.41) is 0. The first-order valence-corrected chi connectivity index (χ1v) is 5.65. The SMILES string of the molecule is O=C1[C]=C(c2ccccc2)C(=O)c2ccccc21. The van der Waals surface area contributed by atoms with Crippen molar-refractivity contribution < 1.29 is 9.59 Å². The number of benzene rings is 2. The van der Waals surface area contributed by atoms with E-state index in [-0.39, 0.29) is 11.6 Å². The van der Waals surface area contributed by atoms with Crippen LogP contribution in [0.4, 0.5) is 0 Å². The molecule has 0 heterocycles. The molecule has 0 unspecified atom stereocenters. The fourth-order valence-corrected chi connectivity index (χ4v) is 2.06. The Balaban J connectivity index is 2.16. The number of fused-ring (bicyclic) bond motifs is 1. The average molecular weight is 233 g/mol. The van der Waals surface area contributed by atoms with Crippen LogP contribution in [0.1, 0.15) is 26.3 Å². The first kappa shape index (κ1) is 10.7. The molecular formula is C16H9O2. The van der Waals surface area contributed by atoms with E-state index in [1.165, 1.54) is 0 Å². The Hall–Kier alpha value is -2.48. The Morgan fingerprint density at radius 3 is 2.06 bits per heavy atom. The highest BCUT2D eigenvalue weighted by atomic mass is 16.1. The zero-order valence-corrected chi connectivity index (χ0v) is 9.51. The van der Waals surface area contributed by atoms with Gasteiger partial charge in [-0.15, -0.1) is 0 Å². The van der Waals surface area contributed by atoms with Gasteiger partial charge in [0.2, 0.25) is 0 Å². The monoisotopic (exact) mass is 233 g/mol. The molecular weight excluding hydrogens is 224 g/mol. The Kier molecular flexibility index (Phi) is 2.41. The van der Waals surface area contributed by atoms with Gasteiger partial charge in [0.1, 0.15) is 0 Å². The molecule has 3 rings (SSSR count). The number of carbonyl (C=O) groups is 2. The van der Waals surface area contributed by atoms with E-state index in [9.17, 15) is 9.59 Å². The largest absolute Gasteiger partial charge is 0.289 e. The summed E-state index contributed by atoms with van der Waals surface area (Å²) >= 11 is 0. The van der Waals surface area contributed by atoms with Crippen LogP contribution >= 0.6 is 0 Å². The van der Waals surface area contributed by atoms with Gasteiger partial charge in [-0.3, -0.25) is 9.59 Å². The van der Waals surface area contributed by atoms with Gasteiger partial charge in [-0.1, -0.05) is 54.6 Å². The maximum atomic E-state index is 12.3. The second kappa shape index (κ2) is 4.08. The third-order valence-corrected chi connectivity index (χ3v) is 2.94. The molecule has 2 nitrogen and oxygen atoms in total. The van der Waals surface area contributed by atoms with Crippen molar-refractivity contribution in [3.8, 4) is 0 Å². The molecule has 1 aliphatic carbocycles. The lowest BCUT2D eigenvalue weighted by atomic mass is 9.86. The van der Waals surface area contributed by atoms with E-state index in [2.05, 4.69) is 6.08 Å². The van der Waals surface area contributed by atoms with E-state index < -0.39 is 0 Å². The minimum atomic E-state index is -0.232. The van der Waals surface area contributed by atoms with E-state index in [0.29, 0.717) is 16.7 Å². The average Bonchev–Trinajstić information content (AvgIpc) is 2.44. The van der Waals surface area contributed by atoms with Crippen LogP contribution in [0.2, 0.25) is 0 Å². The van der Waals surface area contributed by atoms with Crippen molar-refractivity contribution in [3.05, 3.63) is 77.4 Å². The van der Waals surface area contributed by atoms with Crippen molar-refractivity contribution >= 4 is 17.1 Å². The number of ketones is 2. The molecule has 0 aromatic heterocycles. The zero-order valence-electron chi connectivity index (χ0n) is 9.51. The molecule has 0 saturated heterocycles. The first-order chi connectivity index (χ1) is 8.77. The third kappa shape index (κ3) is 1.59. The van der Waals surface area contributed by atoms with Gasteiger partial charge in [-0.25, -0.2) is 0 Å². The molecule has 0 atom stereocenters. The fraction of sp³-hybridized carbons (Fsp3) is 0. The molecule has 0 spiro atoms. The highest BCUT2D eigenvalue weighted by Gasteiger charge is 2.26. The Labute approximate surface area is 105 Å². The van der Waals surface area contributed by atoms with Crippen molar-refractivity contribution in [1.82, 2.24) is 0 Å². The molecule has 2 heteroatoms. The topological polar surface area (TPSA) is 34.1 Å². The van der Waals surface area contributed by atoms with Gasteiger partial charge in [0.15, 0.2) is 11.6 Å². The van der Waals surface area contributed by atoms with Crippen LogP contribution in [0.15, 0.2) is 54.6 Å². The van der Waals surface area contributed by atoms with E-state index in [0.717, 1.165) is 5.56 Å². The molecule has 18 heavy (non-hydrogen) atoms. The van der Waals surface area contributed by atoms with Crippen LogP contribution in [0.3, 0.4) is 0 Å². The first-order valence-electron chi connectivity index (χ1n) is 5.65. The van der Waals surface area contributed by atoms with Gasteiger partial charge in [-0.05, 0) is 5.56 Å². The van der Waals surface area contributed by atoms with Gasteiger partial charge in [-0.2, -0.15) is 0 Å². The number of allylic oxidation sites excluding steroid dienone is 2. The maximum absolute atomic E-state index is 12.3. The molecule has 2 aromatic rings. The highest BCUT2D eigenvalue weighted by Crippen LogP contribution is 2.26. The van der Waals surface area contributed by atoms with Crippen molar-refractivity contribution in [2.45, 2.75) is 0 Å². The van der Waals surface area contributed by atoms with E-state index in [1.54, 1.807) is 36.4 Å². The number of carbonyl (C=O) groups excluding carboxylic acids is 2. The number of rotatable bonds is 1. The third-order valence-electron chi connectivity index (χ3n) is 2.94. The maximum Gasteiger partial charge on any atom is 0.195 e. The number of hydrogen-bond donors (Lipinski definition) is 0. The van der Waals surface area contributed by atoms with Crippen molar-refractivity contribution in [1.29, 1.82) is 0 Å². The predicted octanol–water partition coefficient (Wildman–Crippen LogP) is 2.95. The summed E-state index contributed by atoms with van der Waals surface area (Å²) in [4.78, 5) is 24.2. The van der Waals surface area contributed by atoms with Crippen LogP contribution < -0.4 is 0 Å². The molecule has 0 fully saturated rings. The van der Waals surface area contributed by atoms with Crippen LogP contribution in [-0.2, 0) is 0 Å². The molecule has 1 radical (unpaired) electrons. The smallest absolute Gasteiger partial charge is 0.195 e. The molecule has 0 amide bonds. The van der Waals surface area contributed by atoms with Crippen LogP contribution in [0, 0.1) is 6.08 Å². The van der Waals surface area contributed by atoms with Crippen molar-refractivity contribution in [3.63, 3.8) is 0 Å². The van der Waals surface area contributed by atoms with Gasteiger partial charge in [0.25, 0.3) is 0 Å². The van der Waals surface area contributed by atoms with Gasteiger partial charge < -0.3 is 0 Å². The van der Waals surface area contributed by atoms with E-state index >= 15 is 0 Å². The minimum Gasteiger partial charge on any atom is -0.289 e. The van der Waals surface area contributed by atoms with E-state index in [4.69, 9.17) is 0 Å². The fourth-order valence-electron chi connectivity index (χ4n) is 2.06. The van der Waals surface area contributed by atoms with Crippen molar-refractivity contribution in [2.24, 2.45) is 0 Å². The Bertz CT molecular complexity index is 667. The lowest BCUT2D eigenvalue weighted by Gasteiger charge is -2.14. The Morgan fingerprint density at radius 1 is 0.722 bits per heavy atom. The molecule has 2 aromatic carbocycles. The highest BCUT2D eigenvalue weighted by molar-refractivity contribution is 6.37. The summed E-state index contributed by atoms with van der Waals surface area (Å²) in [6.45, 7) is 0. The lowest BCUT2D eigenvalue weighted by Crippen LogP contribution is -2.16. The van der Waals surface area contributed by atoms with Gasteiger partial charge >= 0.3 is 0 Å². The predicted molar refractivity (Wildman–Crippen MR) is 68.2 cm³/mol. The van der Waals surface area contributed by atoms with Crippen LogP contribution in [0.25, 0.3) is 5.57 Å². The Morgan fingerprint density at radius 2 is 1.33 bits per heavy atom. The summed E-state index contributed by atoms with van der Waals surface area (Å²) in [5.41, 5.74) is 1.96. The van der Waals surface area contributed by atoms with Gasteiger partial charge in [0.05, 0.1) is 0 Å². The molecule has 0 saturated carbocycles. The summed E-state index contributed by atoms with van der Waals surface area (Å²) in [5.74, 6) is -0.375. The number of Topliss-reactive ketones (excluding diaryl/α,β-unsaturated/α-hetero) is 2. The summed E-state index contributed by atoms with van der Waals surface area (Å²) < 4.78 is 0. The summed E-state index contributed by atoms with van der Waals surface area (Å²) in [6, 6.07) is 16.0. The molecule has 85 valence electrons. The molecule has 0 N–H and O–H groups in total. The van der Waals surface area contributed by atoms with Crippen LogP contribution in [-0.4, -0.2) is 11.6 Å². The molecule has 1 aliphatic rings. The standard InChI is InChI=1S/C16H9O2/c17-15-10-14(11-6-2-1-3-7-11)16(18)13-9-5-4-8-12(13)15/h1-9H. The summed E-state index contributed by atoms with van der Waals surface area (Å²) in [6.07, 6.45) is 2.67. The number of hydrogen-bond acceptors (Lipinski definition) is 2. The lowest BCUT2D eigenvalue weighted by molar-refractivity contribution is 0.0995. The normalized spacial score (nSPS) is 14.1. The van der Waals surface area contributed by atoms with E-state index in [1.807, 2.05) is 18.2 Å². The molecule has 0 bridgehead atoms. The summed E-state index contributed by atoms with van der Waals surface area (Å²) in [7, 11) is 0. The second-order valence-electron chi connectivity index (χ2n) is 4.07. The molecule has 0 aliphatic heterocycles. The van der Waals surface area contributed by atoms with Gasteiger partial charge in [0, 0.05) is 22.8 Å². The van der Waals surface area contributed by atoms with Crippen molar-refractivity contribution in [2.75, 3.05) is 0 Å². The zero-order chi connectivity index (χ0) is 12.5. The second-order valence-corrected chi connectivity index (χ2v) is 4.07. The van der Waals surface area contributed by atoms with Crippen LogP contribution in [0.5, 0.6) is 0 Å².